The molecule has 0 atom stereocenters. The van der Waals surface area contributed by atoms with E-state index in [0.717, 1.165) is 10.7 Å². The van der Waals surface area contributed by atoms with Crippen LogP contribution in [0.4, 0.5) is 4.79 Å². The zero-order chi connectivity index (χ0) is 9.84. The van der Waals surface area contributed by atoms with Crippen LogP contribution in [0.2, 0.25) is 0 Å². The zero-order valence-corrected chi connectivity index (χ0v) is 8.21. The highest BCUT2D eigenvalue weighted by atomic mass is 32.1. The number of hydrogen-bond acceptors (Lipinski definition) is 4. The van der Waals surface area contributed by atoms with E-state index in [1.54, 1.807) is 12.4 Å². The van der Waals surface area contributed by atoms with E-state index in [-0.39, 0.29) is 0 Å². The highest BCUT2D eigenvalue weighted by Crippen LogP contribution is 2.03. The molecule has 5 nitrogen and oxygen atoms in total. The molecular formula is C7H10N4OS. The molecule has 0 spiro atoms. The molecule has 0 radical (unpaired) electrons. The molecule has 1 rings (SSSR count). The van der Waals surface area contributed by atoms with Crippen molar-refractivity contribution in [1.82, 2.24) is 9.99 Å². The number of nitrogens with zero attached hydrogens (tertiary/aromatic N) is 3. The molecule has 70 valence electrons. The summed E-state index contributed by atoms with van der Waals surface area (Å²) in [6.07, 6.45) is 0. The smallest absolute Gasteiger partial charge is 0.334 e. The summed E-state index contributed by atoms with van der Waals surface area (Å²) in [6.45, 7) is 1.77. The summed E-state index contributed by atoms with van der Waals surface area (Å²) in [5, 5.41) is 6.87. The van der Waals surface area contributed by atoms with Crippen molar-refractivity contribution in [1.29, 1.82) is 0 Å². The van der Waals surface area contributed by atoms with Gasteiger partial charge < -0.3 is 5.73 Å². The Morgan fingerprint density at radius 2 is 2.46 bits per heavy atom. The third kappa shape index (κ3) is 2.51. The topological polar surface area (TPSA) is 71.6 Å². The van der Waals surface area contributed by atoms with Gasteiger partial charge in [-0.3, -0.25) is 0 Å². The Kier molecular flexibility index (Phi) is 2.97. The second-order valence-corrected chi connectivity index (χ2v) is 3.14. The normalized spacial score (nSPS) is 11.4. The molecule has 2 amide bonds. The SMILES string of the molecule is C/C(=N\N(C)C(N)=O)c1cscn1. The largest absolute Gasteiger partial charge is 0.350 e. The third-order valence-corrected chi connectivity index (χ3v) is 2.01. The number of nitrogens with two attached hydrogens (primary N) is 1. The van der Waals surface area contributed by atoms with Gasteiger partial charge in [0.15, 0.2) is 0 Å². The molecule has 0 fully saturated rings. The van der Waals surface area contributed by atoms with Crippen LogP contribution >= 0.6 is 11.3 Å². The monoisotopic (exact) mass is 198 g/mol. The van der Waals surface area contributed by atoms with Crippen LogP contribution in [0.3, 0.4) is 0 Å². The summed E-state index contributed by atoms with van der Waals surface area (Å²) in [7, 11) is 1.50. The van der Waals surface area contributed by atoms with Gasteiger partial charge >= 0.3 is 6.03 Å². The summed E-state index contributed by atoms with van der Waals surface area (Å²) in [6, 6.07) is -0.588. The lowest BCUT2D eigenvalue weighted by Crippen LogP contribution is -2.28. The molecule has 0 unspecified atom stereocenters. The number of hydrogen-bond donors (Lipinski definition) is 1. The maximum Gasteiger partial charge on any atom is 0.334 e. The van der Waals surface area contributed by atoms with E-state index in [0.29, 0.717) is 5.71 Å². The second-order valence-electron chi connectivity index (χ2n) is 2.42. The first-order valence-corrected chi connectivity index (χ1v) is 4.52. The number of hydrazone groups is 1. The van der Waals surface area contributed by atoms with Crippen LogP contribution in [0.1, 0.15) is 12.6 Å². The molecule has 2 N–H and O–H groups in total. The first-order valence-electron chi connectivity index (χ1n) is 3.58. The number of thiazole rings is 1. The van der Waals surface area contributed by atoms with Gasteiger partial charge in [-0.05, 0) is 6.92 Å². The van der Waals surface area contributed by atoms with Gasteiger partial charge in [-0.15, -0.1) is 11.3 Å². The third-order valence-electron chi connectivity index (χ3n) is 1.42. The summed E-state index contributed by atoms with van der Waals surface area (Å²) in [5.74, 6) is 0. The standard InChI is InChI=1S/C7H10N4OS/c1-5(6-3-13-4-9-6)10-11(2)7(8)12/h3-4H,1-2H3,(H2,8,12)/b10-5+. The number of carbonyl (C=O) groups is 1. The van der Waals surface area contributed by atoms with Crippen molar-refractivity contribution in [3.05, 3.63) is 16.6 Å². The maximum absolute atomic E-state index is 10.6. The van der Waals surface area contributed by atoms with E-state index in [9.17, 15) is 4.79 Å². The Bertz CT molecular complexity index is 319. The molecule has 13 heavy (non-hydrogen) atoms. The van der Waals surface area contributed by atoms with Crippen LogP contribution in [-0.4, -0.2) is 28.8 Å². The molecule has 0 saturated carbocycles. The Morgan fingerprint density at radius 1 is 1.77 bits per heavy atom. The Morgan fingerprint density at radius 3 is 2.92 bits per heavy atom. The first-order chi connectivity index (χ1) is 6.11. The lowest BCUT2D eigenvalue weighted by molar-refractivity contribution is 0.220. The highest BCUT2D eigenvalue weighted by Gasteiger charge is 2.03. The van der Waals surface area contributed by atoms with E-state index in [1.807, 2.05) is 5.38 Å². The molecule has 0 aliphatic carbocycles. The van der Waals surface area contributed by atoms with Crippen LogP contribution < -0.4 is 5.73 Å². The van der Waals surface area contributed by atoms with Crippen LogP contribution in [0.5, 0.6) is 0 Å². The van der Waals surface area contributed by atoms with Crippen LogP contribution in [0.15, 0.2) is 16.0 Å². The van der Waals surface area contributed by atoms with Crippen molar-refractivity contribution in [3.63, 3.8) is 0 Å². The van der Waals surface area contributed by atoms with Crippen molar-refractivity contribution in [2.45, 2.75) is 6.92 Å². The Hall–Kier alpha value is -1.43. The molecule has 0 bridgehead atoms. The molecule has 1 aromatic rings. The van der Waals surface area contributed by atoms with Gasteiger partial charge in [0.2, 0.25) is 0 Å². The van der Waals surface area contributed by atoms with Crippen molar-refractivity contribution >= 4 is 23.1 Å². The predicted octanol–water partition coefficient (Wildman–Crippen LogP) is 0.878. The van der Waals surface area contributed by atoms with Gasteiger partial charge in [0, 0.05) is 12.4 Å². The van der Waals surface area contributed by atoms with Crippen molar-refractivity contribution in [3.8, 4) is 0 Å². The van der Waals surface area contributed by atoms with Gasteiger partial charge in [0.25, 0.3) is 0 Å². The van der Waals surface area contributed by atoms with Crippen LogP contribution in [0.25, 0.3) is 0 Å². The molecule has 0 aliphatic heterocycles. The minimum Gasteiger partial charge on any atom is -0.350 e. The number of urea groups is 1. The first kappa shape index (κ1) is 9.66. The van der Waals surface area contributed by atoms with Crippen molar-refractivity contribution in [2.75, 3.05) is 7.05 Å². The molecule has 1 heterocycles. The number of carbonyl (C=O) groups excluding carboxylic acids is 1. The summed E-state index contributed by atoms with van der Waals surface area (Å²) in [5.41, 5.74) is 8.14. The lowest BCUT2D eigenvalue weighted by atomic mass is 10.3. The molecule has 0 aromatic carbocycles. The van der Waals surface area contributed by atoms with Gasteiger partial charge in [0.05, 0.1) is 16.9 Å². The molecule has 0 saturated heterocycles. The van der Waals surface area contributed by atoms with Gasteiger partial charge in [-0.1, -0.05) is 0 Å². The molecule has 1 aromatic heterocycles. The zero-order valence-electron chi connectivity index (χ0n) is 7.39. The van der Waals surface area contributed by atoms with Crippen LogP contribution in [-0.2, 0) is 0 Å². The number of aromatic nitrogens is 1. The Labute approximate surface area is 79.9 Å². The fraction of sp³-hybridized carbons (Fsp3) is 0.286. The Balaban J connectivity index is 2.78. The van der Waals surface area contributed by atoms with E-state index >= 15 is 0 Å². The van der Waals surface area contributed by atoms with Crippen molar-refractivity contribution in [2.24, 2.45) is 10.8 Å². The van der Waals surface area contributed by atoms with Crippen LogP contribution in [0, 0.1) is 0 Å². The number of primary amides is 1. The fourth-order valence-corrected chi connectivity index (χ4v) is 1.31. The summed E-state index contributed by atoms with van der Waals surface area (Å²) >= 11 is 1.48. The lowest BCUT2D eigenvalue weighted by Gasteiger charge is -2.07. The minimum atomic E-state index is -0.588. The minimum absolute atomic E-state index is 0.588. The summed E-state index contributed by atoms with van der Waals surface area (Å²) in [4.78, 5) is 14.7. The average Bonchev–Trinajstić information content (AvgIpc) is 2.55. The van der Waals surface area contributed by atoms with E-state index in [1.165, 1.54) is 18.4 Å². The van der Waals surface area contributed by atoms with Gasteiger partial charge in [0.1, 0.15) is 0 Å². The molecule has 0 aliphatic rings. The van der Waals surface area contributed by atoms with Gasteiger partial charge in [-0.25, -0.2) is 14.8 Å². The predicted molar refractivity (Wildman–Crippen MR) is 51.7 cm³/mol. The number of amides is 2. The van der Waals surface area contributed by atoms with E-state index < -0.39 is 6.03 Å². The van der Waals surface area contributed by atoms with Crippen molar-refractivity contribution < 1.29 is 4.79 Å². The number of rotatable bonds is 2. The molecule has 6 heteroatoms. The van der Waals surface area contributed by atoms with E-state index in [4.69, 9.17) is 5.73 Å². The summed E-state index contributed by atoms with van der Waals surface area (Å²) < 4.78 is 0. The van der Waals surface area contributed by atoms with Gasteiger partial charge in [-0.2, -0.15) is 5.10 Å². The molecular weight excluding hydrogens is 188 g/mol. The quantitative estimate of drug-likeness (QED) is 0.566. The maximum atomic E-state index is 10.6. The second kappa shape index (κ2) is 3.99. The highest BCUT2D eigenvalue weighted by molar-refractivity contribution is 7.07. The fourth-order valence-electron chi connectivity index (χ4n) is 0.717. The van der Waals surface area contributed by atoms with E-state index in [2.05, 4.69) is 10.1 Å². The average molecular weight is 198 g/mol.